The predicted molar refractivity (Wildman–Crippen MR) is 68.6 cm³/mol. The maximum Gasteiger partial charge on any atom is 0.123 e. The van der Waals surface area contributed by atoms with Crippen LogP contribution in [-0.2, 0) is 0 Å². The second-order valence-corrected chi connectivity index (χ2v) is 4.40. The summed E-state index contributed by atoms with van der Waals surface area (Å²) in [6.45, 7) is 0. The number of benzene rings is 2. The Kier molecular flexibility index (Phi) is 3.29. The average molecular weight is 274 g/mol. The third-order valence-electron chi connectivity index (χ3n) is 2.23. The zero-order valence-corrected chi connectivity index (χ0v) is 10.3. The van der Waals surface area contributed by atoms with Crippen LogP contribution in [0.15, 0.2) is 36.4 Å². The van der Waals surface area contributed by atoms with E-state index in [1.165, 1.54) is 0 Å². The molecule has 16 heavy (non-hydrogen) atoms. The van der Waals surface area contributed by atoms with E-state index < -0.39 is 0 Å². The summed E-state index contributed by atoms with van der Waals surface area (Å²) in [4.78, 5) is 0. The Morgan fingerprint density at radius 2 is 1.44 bits per heavy atom. The van der Waals surface area contributed by atoms with Gasteiger partial charge in [-0.05, 0) is 12.1 Å². The quantitative estimate of drug-likeness (QED) is 0.723. The molecule has 0 unspecified atom stereocenters. The first-order chi connectivity index (χ1) is 7.61. The Bertz CT molecular complexity index is 538. The lowest BCUT2D eigenvalue weighted by molar-refractivity contribution is 0.477. The standard InChI is InChI=1S/C12H7Cl3O/c13-9-6-5-8(11(14)12(9)15)7-3-1-2-4-10(7)16/h1-6,16H. The molecule has 0 aliphatic heterocycles. The Morgan fingerprint density at radius 1 is 0.750 bits per heavy atom. The first-order valence-corrected chi connectivity index (χ1v) is 5.66. The highest BCUT2D eigenvalue weighted by atomic mass is 35.5. The predicted octanol–water partition coefficient (Wildman–Crippen LogP) is 5.02. The molecule has 0 aliphatic carbocycles. The normalized spacial score (nSPS) is 10.4. The lowest BCUT2D eigenvalue weighted by Gasteiger charge is -2.08. The number of hydrogen-bond donors (Lipinski definition) is 1. The van der Waals surface area contributed by atoms with Gasteiger partial charge in [0.05, 0.1) is 15.1 Å². The van der Waals surface area contributed by atoms with Crippen LogP contribution in [0, 0.1) is 0 Å². The lowest BCUT2D eigenvalue weighted by atomic mass is 10.0. The summed E-state index contributed by atoms with van der Waals surface area (Å²) in [7, 11) is 0. The van der Waals surface area contributed by atoms with Crippen molar-refractivity contribution in [1.29, 1.82) is 0 Å². The van der Waals surface area contributed by atoms with Crippen LogP contribution in [-0.4, -0.2) is 5.11 Å². The van der Waals surface area contributed by atoms with Crippen molar-refractivity contribution in [2.75, 3.05) is 0 Å². The van der Waals surface area contributed by atoms with Gasteiger partial charge in [0.1, 0.15) is 5.75 Å². The van der Waals surface area contributed by atoms with Gasteiger partial charge in [0.2, 0.25) is 0 Å². The molecule has 0 saturated heterocycles. The molecule has 4 heteroatoms. The van der Waals surface area contributed by atoms with Gasteiger partial charge in [-0.1, -0.05) is 59.1 Å². The van der Waals surface area contributed by atoms with E-state index in [0.717, 1.165) is 0 Å². The summed E-state index contributed by atoms with van der Waals surface area (Å²) in [5.74, 6) is 0.155. The van der Waals surface area contributed by atoms with Crippen LogP contribution in [0.1, 0.15) is 0 Å². The number of phenols is 1. The molecule has 2 aromatic rings. The van der Waals surface area contributed by atoms with Gasteiger partial charge in [0.15, 0.2) is 0 Å². The third kappa shape index (κ3) is 1.99. The molecule has 0 amide bonds. The second-order valence-electron chi connectivity index (χ2n) is 3.24. The minimum atomic E-state index is 0.155. The molecular weight excluding hydrogens is 266 g/mol. The minimum Gasteiger partial charge on any atom is -0.507 e. The van der Waals surface area contributed by atoms with Crippen LogP contribution in [0.4, 0.5) is 0 Å². The van der Waals surface area contributed by atoms with Crippen molar-refractivity contribution in [1.82, 2.24) is 0 Å². The minimum absolute atomic E-state index is 0.155. The van der Waals surface area contributed by atoms with Crippen molar-refractivity contribution in [3.63, 3.8) is 0 Å². The van der Waals surface area contributed by atoms with Gasteiger partial charge in [-0.15, -0.1) is 0 Å². The maximum absolute atomic E-state index is 9.71. The van der Waals surface area contributed by atoms with Gasteiger partial charge >= 0.3 is 0 Å². The molecule has 0 atom stereocenters. The molecule has 0 spiro atoms. The van der Waals surface area contributed by atoms with Crippen LogP contribution in [0.3, 0.4) is 0 Å². The number of para-hydroxylation sites is 1. The van der Waals surface area contributed by atoms with Crippen molar-refractivity contribution in [3.8, 4) is 16.9 Å². The molecule has 2 aromatic carbocycles. The topological polar surface area (TPSA) is 20.2 Å². The second kappa shape index (κ2) is 4.54. The first-order valence-electron chi connectivity index (χ1n) is 4.53. The highest BCUT2D eigenvalue weighted by Crippen LogP contribution is 2.40. The zero-order chi connectivity index (χ0) is 11.7. The summed E-state index contributed by atoms with van der Waals surface area (Å²) >= 11 is 17.9. The van der Waals surface area contributed by atoms with Crippen LogP contribution in [0.2, 0.25) is 15.1 Å². The summed E-state index contributed by atoms with van der Waals surface area (Å²) in [5, 5.41) is 10.7. The van der Waals surface area contributed by atoms with Crippen LogP contribution in [0.25, 0.3) is 11.1 Å². The lowest BCUT2D eigenvalue weighted by Crippen LogP contribution is -1.82. The number of aromatic hydroxyl groups is 1. The van der Waals surface area contributed by atoms with Crippen molar-refractivity contribution in [2.45, 2.75) is 0 Å². The van der Waals surface area contributed by atoms with E-state index in [1.807, 2.05) is 6.07 Å². The summed E-state index contributed by atoms with van der Waals surface area (Å²) < 4.78 is 0. The molecule has 0 bridgehead atoms. The molecule has 0 aromatic heterocycles. The van der Waals surface area contributed by atoms with Gasteiger partial charge in [0, 0.05) is 11.1 Å². The molecule has 0 heterocycles. The molecule has 0 aliphatic rings. The van der Waals surface area contributed by atoms with E-state index in [0.29, 0.717) is 26.2 Å². The zero-order valence-electron chi connectivity index (χ0n) is 8.05. The Hall–Kier alpha value is -0.890. The van der Waals surface area contributed by atoms with Gasteiger partial charge in [-0.2, -0.15) is 0 Å². The molecule has 0 saturated carbocycles. The van der Waals surface area contributed by atoms with Crippen molar-refractivity contribution in [2.24, 2.45) is 0 Å². The molecule has 0 fully saturated rings. The van der Waals surface area contributed by atoms with E-state index in [1.54, 1.807) is 30.3 Å². The Labute approximate surface area is 108 Å². The third-order valence-corrected chi connectivity index (χ3v) is 3.52. The van der Waals surface area contributed by atoms with Crippen molar-refractivity contribution >= 4 is 34.8 Å². The van der Waals surface area contributed by atoms with Crippen LogP contribution < -0.4 is 0 Å². The molecule has 82 valence electrons. The van der Waals surface area contributed by atoms with Crippen LogP contribution in [0.5, 0.6) is 5.75 Å². The van der Waals surface area contributed by atoms with Crippen LogP contribution >= 0.6 is 34.8 Å². The van der Waals surface area contributed by atoms with E-state index in [9.17, 15) is 5.11 Å². The summed E-state index contributed by atoms with van der Waals surface area (Å²) in [5.41, 5.74) is 1.29. The number of hydrogen-bond acceptors (Lipinski definition) is 1. The van der Waals surface area contributed by atoms with E-state index >= 15 is 0 Å². The van der Waals surface area contributed by atoms with Gasteiger partial charge < -0.3 is 5.11 Å². The highest BCUT2D eigenvalue weighted by Gasteiger charge is 2.12. The molecule has 2 rings (SSSR count). The number of phenolic OH excluding ortho intramolecular Hbond substituents is 1. The fraction of sp³-hybridized carbons (Fsp3) is 0. The van der Waals surface area contributed by atoms with Crippen molar-refractivity contribution < 1.29 is 5.11 Å². The fourth-order valence-electron chi connectivity index (χ4n) is 1.44. The van der Waals surface area contributed by atoms with Gasteiger partial charge in [-0.25, -0.2) is 0 Å². The van der Waals surface area contributed by atoms with Gasteiger partial charge in [-0.3, -0.25) is 0 Å². The first kappa shape index (κ1) is 11.6. The smallest absolute Gasteiger partial charge is 0.123 e. The molecule has 0 radical (unpaired) electrons. The highest BCUT2D eigenvalue weighted by molar-refractivity contribution is 6.49. The van der Waals surface area contributed by atoms with E-state index in [2.05, 4.69) is 0 Å². The number of rotatable bonds is 1. The maximum atomic E-state index is 9.71. The largest absolute Gasteiger partial charge is 0.507 e. The monoisotopic (exact) mass is 272 g/mol. The van der Waals surface area contributed by atoms with Crippen molar-refractivity contribution in [3.05, 3.63) is 51.5 Å². The summed E-state index contributed by atoms with van der Waals surface area (Å²) in [6.07, 6.45) is 0. The molecule has 1 nitrogen and oxygen atoms in total. The average Bonchev–Trinajstić information content (AvgIpc) is 2.28. The Morgan fingerprint density at radius 3 is 2.12 bits per heavy atom. The molecular formula is C12H7Cl3O. The molecule has 1 N–H and O–H groups in total. The number of halogens is 3. The Balaban J connectivity index is 2.66. The van der Waals surface area contributed by atoms with Gasteiger partial charge in [0.25, 0.3) is 0 Å². The summed E-state index contributed by atoms with van der Waals surface area (Å²) in [6, 6.07) is 10.3. The SMILES string of the molecule is Oc1ccccc1-c1ccc(Cl)c(Cl)c1Cl. The van der Waals surface area contributed by atoms with E-state index in [4.69, 9.17) is 34.8 Å². The van der Waals surface area contributed by atoms with E-state index in [-0.39, 0.29) is 5.75 Å². The fourth-order valence-corrected chi connectivity index (χ4v) is 2.07.